The van der Waals surface area contributed by atoms with Crippen molar-refractivity contribution in [1.82, 2.24) is 4.98 Å². The molecule has 1 aromatic carbocycles. The number of aryl methyl sites for hydroxylation is 1. The van der Waals surface area contributed by atoms with Gasteiger partial charge in [-0.2, -0.15) is 0 Å². The predicted molar refractivity (Wildman–Crippen MR) is 88.1 cm³/mol. The normalized spacial score (nSPS) is 10.6. The van der Waals surface area contributed by atoms with Gasteiger partial charge in [0.2, 0.25) is 0 Å². The third kappa shape index (κ3) is 3.27. The summed E-state index contributed by atoms with van der Waals surface area (Å²) >= 11 is 23.6. The molecule has 0 saturated carbocycles. The van der Waals surface area contributed by atoms with Gasteiger partial charge in [0.05, 0.1) is 15.6 Å². The van der Waals surface area contributed by atoms with Gasteiger partial charge in [-0.3, -0.25) is 4.79 Å². The maximum Gasteiger partial charge on any atom is 0.260 e. The van der Waals surface area contributed by atoms with E-state index in [0.717, 1.165) is 11.1 Å². The van der Waals surface area contributed by atoms with Gasteiger partial charge in [0.25, 0.3) is 5.91 Å². The first-order valence-electron chi connectivity index (χ1n) is 5.90. The highest BCUT2D eigenvalue weighted by atomic mass is 35.5. The lowest BCUT2D eigenvalue weighted by Gasteiger charge is -2.12. The molecule has 0 radical (unpaired) electrons. The van der Waals surface area contributed by atoms with Crippen LogP contribution in [0.3, 0.4) is 0 Å². The second-order valence-electron chi connectivity index (χ2n) is 4.40. The number of pyridine rings is 1. The number of aromatic nitrogens is 1. The number of rotatable bonds is 2. The van der Waals surface area contributed by atoms with Gasteiger partial charge in [0, 0.05) is 5.69 Å². The number of hydrogen-bond donors (Lipinski definition) is 1. The second kappa shape index (κ2) is 6.41. The molecule has 7 heteroatoms. The van der Waals surface area contributed by atoms with Crippen molar-refractivity contribution in [3.05, 3.63) is 55.2 Å². The molecule has 1 amide bonds. The largest absolute Gasteiger partial charge is 0.322 e. The van der Waals surface area contributed by atoms with E-state index in [2.05, 4.69) is 10.3 Å². The van der Waals surface area contributed by atoms with E-state index in [1.54, 1.807) is 6.07 Å². The molecule has 0 atom stereocenters. The Labute approximate surface area is 142 Å². The molecular formula is C14H10Cl4N2O. The minimum absolute atomic E-state index is 0.00570. The summed E-state index contributed by atoms with van der Waals surface area (Å²) in [5, 5.41) is 2.57. The average Bonchev–Trinajstić information content (AvgIpc) is 2.41. The van der Waals surface area contributed by atoms with Crippen molar-refractivity contribution < 1.29 is 4.79 Å². The van der Waals surface area contributed by atoms with Crippen LogP contribution in [-0.4, -0.2) is 10.9 Å². The van der Waals surface area contributed by atoms with Crippen LogP contribution in [0.4, 0.5) is 5.69 Å². The Balaban J connectivity index is 2.42. The molecule has 21 heavy (non-hydrogen) atoms. The van der Waals surface area contributed by atoms with Gasteiger partial charge in [-0.25, -0.2) is 4.98 Å². The van der Waals surface area contributed by atoms with Crippen LogP contribution in [0.15, 0.2) is 18.2 Å². The molecule has 110 valence electrons. The van der Waals surface area contributed by atoms with Crippen LogP contribution >= 0.6 is 46.4 Å². The van der Waals surface area contributed by atoms with Gasteiger partial charge < -0.3 is 5.32 Å². The summed E-state index contributed by atoms with van der Waals surface area (Å²) in [6.45, 7) is 3.85. The Kier molecular flexibility index (Phi) is 4.99. The number of carbonyl (C=O) groups is 1. The molecule has 0 aliphatic heterocycles. The number of anilines is 1. The van der Waals surface area contributed by atoms with Crippen molar-refractivity contribution in [2.24, 2.45) is 0 Å². The summed E-state index contributed by atoms with van der Waals surface area (Å²) in [6.07, 6.45) is 0. The van der Waals surface area contributed by atoms with Crippen LogP contribution in [-0.2, 0) is 0 Å². The molecule has 1 aromatic heterocycles. The first-order chi connectivity index (χ1) is 9.82. The number of amides is 1. The lowest BCUT2D eigenvalue weighted by Crippen LogP contribution is -2.15. The molecule has 1 heterocycles. The van der Waals surface area contributed by atoms with Crippen LogP contribution in [0.1, 0.15) is 21.5 Å². The van der Waals surface area contributed by atoms with Crippen molar-refractivity contribution in [2.75, 3.05) is 5.32 Å². The number of nitrogens with zero attached hydrogens (tertiary/aromatic N) is 1. The van der Waals surface area contributed by atoms with Crippen molar-refractivity contribution in [1.29, 1.82) is 0 Å². The fourth-order valence-electron chi connectivity index (χ4n) is 1.75. The standard InChI is InChI=1S/C14H10Cl4N2O/c1-6-4-3-5-8(7(6)2)19-14(21)9-10(15)11(16)13(18)20-12(9)17/h3-5H,1-2H3,(H,19,21). The van der Waals surface area contributed by atoms with Crippen molar-refractivity contribution >= 4 is 58.0 Å². The van der Waals surface area contributed by atoms with Crippen molar-refractivity contribution in [2.45, 2.75) is 13.8 Å². The maximum absolute atomic E-state index is 12.4. The number of benzene rings is 1. The Bertz CT molecular complexity index is 731. The molecule has 2 aromatic rings. The summed E-state index contributed by atoms with van der Waals surface area (Å²) in [5.74, 6) is -0.496. The third-order valence-electron chi connectivity index (χ3n) is 3.08. The highest BCUT2D eigenvalue weighted by Crippen LogP contribution is 2.35. The average molecular weight is 364 g/mol. The van der Waals surface area contributed by atoms with E-state index in [1.165, 1.54) is 0 Å². The van der Waals surface area contributed by atoms with E-state index in [4.69, 9.17) is 46.4 Å². The molecule has 0 aliphatic carbocycles. The zero-order valence-corrected chi connectivity index (χ0v) is 14.1. The van der Waals surface area contributed by atoms with Crippen molar-refractivity contribution in [3.63, 3.8) is 0 Å². The number of halogens is 4. The van der Waals surface area contributed by atoms with Gasteiger partial charge in [0.1, 0.15) is 5.15 Å². The van der Waals surface area contributed by atoms with Gasteiger partial charge in [-0.1, -0.05) is 58.5 Å². The molecule has 0 unspecified atom stereocenters. The summed E-state index contributed by atoms with van der Waals surface area (Å²) in [5.41, 5.74) is 2.66. The molecule has 1 N–H and O–H groups in total. The molecular weight excluding hydrogens is 354 g/mol. The quantitative estimate of drug-likeness (QED) is 0.709. The van der Waals surface area contributed by atoms with Gasteiger partial charge in [0.15, 0.2) is 5.15 Å². The molecule has 0 bridgehead atoms. The first kappa shape index (κ1) is 16.4. The second-order valence-corrected chi connectivity index (χ2v) is 5.87. The van der Waals surface area contributed by atoms with Crippen LogP contribution < -0.4 is 5.32 Å². The molecule has 3 nitrogen and oxygen atoms in total. The molecule has 2 rings (SSSR count). The zero-order valence-electron chi connectivity index (χ0n) is 11.1. The van der Waals surface area contributed by atoms with Gasteiger partial charge in [-0.15, -0.1) is 0 Å². The molecule has 0 aliphatic rings. The van der Waals surface area contributed by atoms with Gasteiger partial charge in [-0.05, 0) is 31.0 Å². The Morgan fingerprint density at radius 3 is 2.38 bits per heavy atom. The van der Waals surface area contributed by atoms with Gasteiger partial charge >= 0.3 is 0 Å². The summed E-state index contributed by atoms with van der Waals surface area (Å²) < 4.78 is 0. The highest BCUT2D eigenvalue weighted by Gasteiger charge is 2.21. The van der Waals surface area contributed by atoms with Crippen molar-refractivity contribution in [3.8, 4) is 0 Å². The monoisotopic (exact) mass is 362 g/mol. The molecule has 0 fully saturated rings. The van der Waals surface area contributed by atoms with E-state index >= 15 is 0 Å². The van der Waals surface area contributed by atoms with E-state index in [1.807, 2.05) is 26.0 Å². The fourth-order valence-corrected chi connectivity index (χ4v) is 2.73. The minimum atomic E-state index is -0.496. The van der Waals surface area contributed by atoms with E-state index in [-0.39, 0.29) is 25.9 Å². The fraction of sp³-hybridized carbons (Fsp3) is 0.143. The van der Waals surface area contributed by atoms with E-state index in [0.29, 0.717) is 5.69 Å². The van der Waals surface area contributed by atoms with E-state index in [9.17, 15) is 4.79 Å². The summed E-state index contributed by atoms with van der Waals surface area (Å²) in [4.78, 5) is 16.2. The Hall–Kier alpha value is -1.000. The van der Waals surface area contributed by atoms with E-state index < -0.39 is 5.91 Å². The minimum Gasteiger partial charge on any atom is -0.322 e. The number of hydrogen-bond acceptors (Lipinski definition) is 2. The van der Waals surface area contributed by atoms with Crippen LogP contribution in [0.2, 0.25) is 20.4 Å². The third-order valence-corrected chi connectivity index (χ3v) is 4.56. The predicted octanol–water partition coefficient (Wildman–Crippen LogP) is 5.56. The number of carbonyl (C=O) groups excluding carboxylic acids is 1. The van der Waals surface area contributed by atoms with Crippen LogP contribution in [0.25, 0.3) is 0 Å². The topological polar surface area (TPSA) is 42.0 Å². The maximum atomic E-state index is 12.4. The summed E-state index contributed by atoms with van der Waals surface area (Å²) in [7, 11) is 0. The Morgan fingerprint density at radius 2 is 1.71 bits per heavy atom. The lowest BCUT2D eigenvalue weighted by atomic mass is 10.1. The number of nitrogens with one attached hydrogen (secondary N) is 1. The SMILES string of the molecule is Cc1cccc(NC(=O)c2c(Cl)nc(Cl)c(Cl)c2Cl)c1C. The lowest BCUT2D eigenvalue weighted by molar-refractivity contribution is 0.102. The molecule has 0 spiro atoms. The Morgan fingerprint density at radius 1 is 1.05 bits per heavy atom. The first-order valence-corrected chi connectivity index (χ1v) is 7.41. The van der Waals surface area contributed by atoms with Crippen LogP contribution in [0, 0.1) is 13.8 Å². The summed E-state index contributed by atoms with van der Waals surface area (Å²) in [6, 6.07) is 5.58. The highest BCUT2D eigenvalue weighted by molar-refractivity contribution is 6.50. The molecule has 0 saturated heterocycles. The van der Waals surface area contributed by atoms with Crippen LogP contribution in [0.5, 0.6) is 0 Å². The zero-order chi connectivity index (χ0) is 15.7. The smallest absolute Gasteiger partial charge is 0.260 e.